The van der Waals surface area contributed by atoms with Crippen LogP contribution >= 0.6 is 0 Å². The molecule has 19 heavy (non-hydrogen) atoms. The van der Waals surface area contributed by atoms with Crippen molar-refractivity contribution in [2.45, 2.75) is 26.8 Å². The Hall–Kier alpha value is -2.17. The van der Waals surface area contributed by atoms with Crippen molar-refractivity contribution in [2.75, 3.05) is 0 Å². The summed E-state index contributed by atoms with van der Waals surface area (Å²) in [7, 11) is 0. The maximum atomic E-state index is 13.3. The lowest BCUT2D eigenvalue weighted by Gasteiger charge is -2.16. The Balaban J connectivity index is 2.90. The first-order chi connectivity index (χ1) is 8.95. The van der Waals surface area contributed by atoms with Crippen LogP contribution in [-0.2, 0) is 17.8 Å². The standard InChI is InChI=1S/C14H14FNO3/c1-3-16-8(2)11(7-13(17)18)14(19)10-5-4-9(15)6-12(10)16/h4-6H,3,7H2,1-2H3,(H,17,18). The van der Waals surface area contributed by atoms with E-state index < -0.39 is 11.8 Å². The van der Waals surface area contributed by atoms with Crippen molar-refractivity contribution < 1.29 is 14.3 Å². The number of hydrogen-bond donors (Lipinski definition) is 1. The van der Waals surface area contributed by atoms with Crippen molar-refractivity contribution in [3.8, 4) is 0 Å². The van der Waals surface area contributed by atoms with E-state index in [2.05, 4.69) is 0 Å². The van der Waals surface area contributed by atoms with Gasteiger partial charge in [0.1, 0.15) is 5.82 Å². The van der Waals surface area contributed by atoms with Gasteiger partial charge in [-0.2, -0.15) is 0 Å². The average molecular weight is 263 g/mol. The number of carbonyl (C=O) groups is 1. The van der Waals surface area contributed by atoms with Gasteiger partial charge in [0.25, 0.3) is 0 Å². The topological polar surface area (TPSA) is 59.3 Å². The van der Waals surface area contributed by atoms with E-state index >= 15 is 0 Å². The SMILES string of the molecule is CCn1c(C)c(CC(=O)O)c(=O)c2ccc(F)cc21. The second-order valence-corrected chi connectivity index (χ2v) is 4.37. The third-order valence-electron chi connectivity index (χ3n) is 3.26. The largest absolute Gasteiger partial charge is 0.481 e. The molecule has 0 aliphatic heterocycles. The van der Waals surface area contributed by atoms with Gasteiger partial charge in [0.2, 0.25) is 0 Å². The molecule has 4 nitrogen and oxygen atoms in total. The fourth-order valence-corrected chi connectivity index (χ4v) is 2.36. The Labute approximate surface area is 109 Å². The minimum absolute atomic E-state index is 0.258. The summed E-state index contributed by atoms with van der Waals surface area (Å²) in [5.74, 6) is -1.47. The minimum atomic E-state index is -1.05. The fraction of sp³-hybridized carbons (Fsp3) is 0.286. The van der Waals surface area contributed by atoms with Crippen molar-refractivity contribution in [1.29, 1.82) is 0 Å². The van der Waals surface area contributed by atoms with Gasteiger partial charge in [-0.3, -0.25) is 9.59 Å². The number of rotatable bonds is 3. The monoisotopic (exact) mass is 263 g/mol. The van der Waals surface area contributed by atoms with E-state index in [1.807, 2.05) is 6.92 Å². The predicted molar refractivity (Wildman–Crippen MR) is 69.9 cm³/mol. The van der Waals surface area contributed by atoms with Gasteiger partial charge >= 0.3 is 5.97 Å². The van der Waals surface area contributed by atoms with Gasteiger partial charge in [0.05, 0.1) is 11.9 Å². The molecule has 0 aliphatic rings. The Morgan fingerprint density at radius 3 is 2.68 bits per heavy atom. The Bertz CT molecular complexity index is 719. The molecule has 5 heteroatoms. The summed E-state index contributed by atoms with van der Waals surface area (Å²) in [6.45, 7) is 4.10. The lowest BCUT2D eigenvalue weighted by Crippen LogP contribution is -2.21. The van der Waals surface area contributed by atoms with Crippen LogP contribution in [0.4, 0.5) is 4.39 Å². The summed E-state index contributed by atoms with van der Waals surface area (Å²) < 4.78 is 15.1. The Morgan fingerprint density at radius 1 is 1.42 bits per heavy atom. The van der Waals surface area contributed by atoms with E-state index in [1.165, 1.54) is 18.2 Å². The van der Waals surface area contributed by atoms with Crippen LogP contribution in [0.1, 0.15) is 18.2 Å². The van der Waals surface area contributed by atoms with Gasteiger partial charge in [-0.05, 0) is 32.0 Å². The van der Waals surface area contributed by atoms with Crippen molar-refractivity contribution in [3.63, 3.8) is 0 Å². The molecule has 1 aromatic carbocycles. The maximum Gasteiger partial charge on any atom is 0.308 e. The second-order valence-electron chi connectivity index (χ2n) is 4.37. The summed E-state index contributed by atoms with van der Waals surface area (Å²) in [5.41, 5.74) is 1.00. The summed E-state index contributed by atoms with van der Waals surface area (Å²) in [5, 5.41) is 9.24. The number of halogens is 1. The molecule has 0 radical (unpaired) electrons. The molecule has 2 rings (SSSR count). The quantitative estimate of drug-likeness (QED) is 0.922. The first kappa shape index (κ1) is 13.3. The number of benzene rings is 1. The smallest absolute Gasteiger partial charge is 0.308 e. The van der Waals surface area contributed by atoms with Gasteiger partial charge in [0.15, 0.2) is 5.43 Å². The normalized spacial score (nSPS) is 10.9. The maximum absolute atomic E-state index is 13.3. The van der Waals surface area contributed by atoms with E-state index in [0.717, 1.165) is 0 Å². The number of carboxylic acids is 1. The van der Waals surface area contributed by atoms with E-state index in [4.69, 9.17) is 5.11 Å². The first-order valence-corrected chi connectivity index (χ1v) is 5.99. The molecule has 0 spiro atoms. The molecule has 0 atom stereocenters. The molecule has 100 valence electrons. The van der Waals surface area contributed by atoms with Gasteiger partial charge in [-0.15, -0.1) is 0 Å². The number of fused-ring (bicyclic) bond motifs is 1. The highest BCUT2D eigenvalue weighted by Crippen LogP contribution is 2.17. The molecule has 0 fully saturated rings. The number of carboxylic acid groups (broad SMARTS) is 1. The van der Waals surface area contributed by atoms with Crippen LogP contribution < -0.4 is 5.43 Å². The van der Waals surface area contributed by atoms with Gasteiger partial charge in [-0.25, -0.2) is 4.39 Å². The minimum Gasteiger partial charge on any atom is -0.481 e. The van der Waals surface area contributed by atoms with E-state index in [0.29, 0.717) is 23.1 Å². The average Bonchev–Trinajstić information content (AvgIpc) is 2.34. The molecule has 1 aromatic heterocycles. The molecule has 2 aromatic rings. The number of hydrogen-bond acceptors (Lipinski definition) is 2. The van der Waals surface area contributed by atoms with Crippen LogP contribution in [-0.4, -0.2) is 15.6 Å². The van der Waals surface area contributed by atoms with Crippen LogP contribution in [0.2, 0.25) is 0 Å². The lowest BCUT2D eigenvalue weighted by atomic mass is 10.0. The van der Waals surface area contributed by atoms with Crippen LogP contribution in [0.5, 0.6) is 0 Å². The zero-order chi connectivity index (χ0) is 14.2. The Kier molecular flexibility index (Phi) is 3.38. The van der Waals surface area contributed by atoms with Gasteiger partial charge < -0.3 is 9.67 Å². The van der Waals surface area contributed by atoms with Gasteiger partial charge in [-0.1, -0.05) is 0 Å². The summed E-state index contributed by atoms with van der Waals surface area (Å²) in [6.07, 6.45) is -0.321. The fourth-order valence-electron chi connectivity index (χ4n) is 2.36. The lowest BCUT2D eigenvalue weighted by molar-refractivity contribution is -0.136. The van der Waals surface area contributed by atoms with Crippen molar-refractivity contribution in [2.24, 2.45) is 0 Å². The molecule has 1 heterocycles. The van der Waals surface area contributed by atoms with Crippen molar-refractivity contribution in [1.82, 2.24) is 4.57 Å². The highest BCUT2D eigenvalue weighted by Gasteiger charge is 2.16. The molecule has 0 saturated heterocycles. The molecule has 0 unspecified atom stereocenters. The van der Waals surface area contributed by atoms with E-state index in [1.54, 1.807) is 11.5 Å². The molecule has 0 aliphatic carbocycles. The van der Waals surface area contributed by atoms with E-state index in [-0.39, 0.29) is 17.4 Å². The predicted octanol–water partition coefficient (Wildman–Crippen LogP) is 2.10. The summed E-state index contributed by atoms with van der Waals surface area (Å²) in [4.78, 5) is 23.1. The first-order valence-electron chi connectivity index (χ1n) is 5.99. The van der Waals surface area contributed by atoms with Crippen LogP contribution in [0, 0.1) is 12.7 Å². The van der Waals surface area contributed by atoms with Gasteiger partial charge in [0, 0.05) is 23.2 Å². The molecule has 1 N–H and O–H groups in total. The molecular formula is C14H14FNO3. The molecule has 0 saturated carbocycles. The Morgan fingerprint density at radius 2 is 2.11 bits per heavy atom. The number of nitrogens with zero attached hydrogens (tertiary/aromatic N) is 1. The zero-order valence-electron chi connectivity index (χ0n) is 10.7. The van der Waals surface area contributed by atoms with Crippen LogP contribution in [0.15, 0.2) is 23.0 Å². The number of pyridine rings is 1. The van der Waals surface area contributed by atoms with E-state index in [9.17, 15) is 14.0 Å². The molecular weight excluding hydrogens is 249 g/mol. The summed E-state index contributed by atoms with van der Waals surface area (Å²) in [6, 6.07) is 3.92. The highest BCUT2D eigenvalue weighted by molar-refractivity contribution is 5.82. The third kappa shape index (κ3) is 2.23. The van der Waals surface area contributed by atoms with Crippen molar-refractivity contribution in [3.05, 3.63) is 45.5 Å². The van der Waals surface area contributed by atoms with Crippen LogP contribution in [0.25, 0.3) is 10.9 Å². The molecule has 0 amide bonds. The zero-order valence-corrected chi connectivity index (χ0v) is 10.7. The highest BCUT2D eigenvalue weighted by atomic mass is 19.1. The summed E-state index contributed by atoms with van der Waals surface area (Å²) >= 11 is 0. The van der Waals surface area contributed by atoms with Crippen LogP contribution in [0.3, 0.4) is 0 Å². The second kappa shape index (κ2) is 4.84. The number of aliphatic carboxylic acids is 1. The number of aryl methyl sites for hydroxylation is 1. The van der Waals surface area contributed by atoms with Crippen molar-refractivity contribution >= 4 is 16.9 Å². The third-order valence-corrected chi connectivity index (χ3v) is 3.26. The molecule has 0 bridgehead atoms. The number of aromatic nitrogens is 1.